The predicted octanol–water partition coefficient (Wildman–Crippen LogP) is 2.53. The standard InChI is InChI=1S/C23H26N4O2/c1-2-23(22(29)26-17-11-15-5-3-4-6-16(15)12-17)13-18-7-8-20(23)27(18)21(28)19-14-24-9-10-25-19/h3-6,9-10,14,17-18,20H,2,7-8,11-13H2,1H3,(H,26,29)/t18-,20+,23+/m0/s1. The molecule has 2 aliphatic heterocycles. The highest BCUT2D eigenvalue weighted by Gasteiger charge is 2.60. The number of carbonyl (C=O) groups excluding carboxylic acids is 2. The Hall–Kier alpha value is -2.76. The van der Waals surface area contributed by atoms with Gasteiger partial charge in [-0.1, -0.05) is 31.2 Å². The van der Waals surface area contributed by atoms with Gasteiger partial charge in [0.25, 0.3) is 5.91 Å². The van der Waals surface area contributed by atoms with Crippen molar-refractivity contribution in [1.82, 2.24) is 20.2 Å². The first-order valence-corrected chi connectivity index (χ1v) is 10.6. The number of nitrogens with one attached hydrogen (secondary N) is 1. The number of aromatic nitrogens is 2. The summed E-state index contributed by atoms with van der Waals surface area (Å²) in [6, 6.07) is 8.61. The van der Waals surface area contributed by atoms with Crippen molar-refractivity contribution in [2.45, 2.75) is 63.6 Å². The Kier molecular flexibility index (Phi) is 4.37. The van der Waals surface area contributed by atoms with E-state index in [9.17, 15) is 9.59 Å². The van der Waals surface area contributed by atoms with Gasteiger partial charge in [-0.15, -0.1) is 0 Å². The fraction of sp³-hybridized carbons (Fsp3) is 0.478. The number of hydrogen-bond donors (Lipinski definition) is 1. The molecule has 2 aromatic rings. The molecule has 6 heteroatoms. The van der Waals surface area contributed by atoms with Gasteiger partial charge in [0.1, 0.15) is 5.69 Å². The molecule has 1 aromatic heterocycles. The molecule has 2 amide bonds. The van der Waals surface area contributed by atoms with Gasteiger partial charge in [0.15, 0.2) is 0 Å². The van der Waals surface area contributed by atoms with Crippen LogP contribution in [0.5, 0.6) is 0 Å². The molecule has 0 saturated carbocycles. The van der Waals surface area contributed by atoms with Crippen molar-refractivity contribution in [3.05, 3.63) is 59.7 Å². The molecule has 3 aliphatic rings. The lowest BCUT2D eigenvalue weighted by atomic mass is 9.71. The summed E-state index contributed by atoms with van der Waals surface area (Å²) in [5.41, 5.74) is 2.52. The van der Waals surface area contributed by atoms with E-state index >= 15 is 0 Å². The first-order chi connectivity index (χ1) is 14.1. The van der Waals surface area contributed by atoms with E-state index < -0.39 is 5.41 Å². The Morgan fingerprint density at radius 3 is 2.59 bits per heavy atom. The number of hydrogen-bond acceptors (Lipinski definition) is 4. The Morgan fingerprint density at radius 1 is 1.17 bits per heavy atom. The molecular formula is C23H26N4O2. The zero-order valence-corrected chi connectivity index (χ0v) is 16.7. The number of rotatable bonds is 4. The van der Waals surface area contributed by atoms with E-state index in [1.807, 2.05) is 4.90 Å². The number of benzene rings is 1. The minimum atomic E-state index is -0.504. The van der Waals surface area contributed by atoms with Gasteiger partial charge in [-0.2, -0.15) is 0 Å². The number of amides is 2. The molecule has 5 rings (SSSR count). The van der Waals surface area contributed by atoms with Gasteiger partial charge in [0.05, 0.1) is 11.6 Å². The van der Waals surface area contributed by atoms with Gasteiger partial charge in [0.2, 0.25) is 5.91 Å². The lowest BCUT2D eigenvalue weighted by Crippen LogP contribution is -2.52. The summed E-state index contributed by atoms with van der Waals surface area (Å²) < 4.78 is 0. The molecule has 29 heavy (non-hydrogen) atoms. The van der Waals surface area contributed by atoms with Gasteiger partial charge >= 0.3 is 0 Å². The molecule has 1 N–H and O–H groups in total. The van der Waals surface area contributed by atoms with Crippen LogP contribution < -0.4 is 5.32 Å². The first kappa shape index (κ1) is 18.3. The van der Waals surface area contributed by atoms with E-state index in [1.165, 1.54) is 17.3 Å². The number of fused-ring (bicyclic) bond motifs is 3. The maximum atomic E-state index is 13.5. The van der Waals surface area contributed by atoms with Crippen LogP contribution in [-0.4, -0.2) is 44.8 Å². The maximum Gasteiger partial charge on any atom is 0.274 e. The lowest BCUT2D eigenvalue weighted by Gasteiger charge is -2.36. The van der Waals surface area contributed by atoms with Crippen LogP contribution in [0.25, 0.3) is 0 Å². The molecule has 3 atom stereocenters. The highest BCUT2D eigenvalue weighted by Crippen LogP contribution is 2.52. The molecular weight excluding hydrogens is 364 g/mol. The molecule has 3 heterocycles. The Labute approximate surface area is 170 Å². The van der Waals surface area contributed by atoms with Crippen molar-refractivity contribution >= 4 is 11.8 Å². The third-order valence-corrected chi connectivity index (χ3v) is 7.23. The van der Waals surface area contributed by atoms with Gasteiger partial charge in [-0.25, -0.2) is 4.98 Å². The molecule has 6 nitrogen and oxygen atoms in total. The van der Waals surface area contributed by atoms with Crippen LogP contribution in [0.4, 0.5) is 0 Å². The number of carbonyl (C=O) groups is 2. The molecule has 2 fully saturated rings. The minimum absolute atomic E-state index is 0.0595. The minimum Gasteiger partial charge on any atom is -0.352 e. The van der Waals surface area contributed by atoms with Gasteiger partial charge in [0, 0.05) is 30.5 Å². The lowest BCUT2D eigenvalue weighted by molar-refractivity contribution is -0.133. The third kappa shape index (κ3) is 2.84. The van der Waals surface area contributed by atoms with Crippen LogP contribution in [0.15, 0.2) is 42.9 Å². The van der Waals surface area contributed by atoms with Crippen LogP contribution in [0.3, 0.4) is 0 Å². The van der Waals surface area contributed by atoms with Crippen LogP contribution >= 0.6 is 0 Å². The van der Waals surface area contributed by atoms with Crippen molar-refractivity contribution in [3.63, 3.8) is 0 Å². The Bertz CT molecular complexity index is 922. The molecule has 2 bridgehead atoms. The van der Waals surface area contributed by atoms with E-state index in [0.29, 0.717) is 5.69 Å². The second kappa shape index (κ2) is 6.94. The van der Waals surface area contributed by atoms with Crippen molar-refractivity contribution in [2.24, 2.45) is 5.41 Å². The van der Waals surface area contributed by atoms with E-state index in [1.54, 1.807) is 12.4 Å². The topological polar surface area (TPSA) is 75.2 Å². The van der Waals surface area contributed by atoms with Crippen LogP contribution in [-0.2, 0) is 17.6 Å². The molecule has 0 spiro atoms. The molecule has 1 aromatic carbocycles. The fourth-order valence-electron chi connectivity index (χ4n) is 5.81. The van der Waals surface area contributed by atoms with Crippen molar-refractivity contribution in [3.8, 4) is 0 Å². The van der Waals surface area contributed by atoms with E-state index in [4.69, 9.17) is 0 Å². The van der Waals surface area contributed by atoms with Gasteiger partial charge in [-0.3, -0.25) is 14.6 Å². The normalized spacial score (nSPS) is 27.8. The quantitative estimate of drug-likeness (QED) is 0.871. The zero-order chi connectivity index (χ0) is 20.0. The van der Waals surface area contributed by atoms with Crippen LogP contribution in [0, 0.1) is 5.41 Å². The third-order valence-electron chi connectivity index (χ3n) is 7.23. The summed E-state index contributed by atoms with van der Waals surface area (Å²) in [5, 5.41) is 3.34. The largest absolute Gasteiger partial charge is 0.352 e. The van der Waals surface area contributed by atoms with E-state index in [2.05, 4.69) is 46.5 Å². The SMILES string of the molecule is CC[C@@]1(C(=O)NC2Cc3ccccc3C2)C[C@@H]2CC[C@H]1N2C(=O)c1cnccn1. The smallest absolute Gasteiger partial charge is 0.274 e. The summed E-state index contributed by atoms with van der Waals surface area (Å²) in [6.07, 6.45) is 9.72. The first-order valence-electron chi connectivity index (χ1n) is 10.6. The second-order valence-corrected chi connectivity index (χ2v) is 8.61. The van der Waals surface area contributed by atoms with E-state index in [0.717, 1.165) is 38.5 Å². The van der Waals surface area contributed by atoms with Crippen molar-refractivity contribution in [1.29, 1.82) is 0 Å². The van der Waals surface area contributed by atoms with Gasteiger partial charge < -0.3 is 10.2 Å². The average molecular weight is 390 g/mol. The molecule has 150 valence electrons. The monoisotopic (exact) mass is 390 g/mol. The van der Waals surface area contributed by atoms with Crippen LogP contribution in [0.2, 0.25) is 0 Å². The van der Waals surface area contributed by atoms with Gasteiger partial charge in [-0.05, 0) is 49.7 Å². The Balaban J connectivity index is 1.35. The van der Waals surface area contributed by atoms with Crippen molar-refractivity contribution < 1.29 is 9.59 Å². The average Bonchev–Trinajstić information content (AvgIpc) is 3.44. The Morgan fingerprint density at radius 2 is 1.93 bits per heavy atom. The predicted molar refractivity (Wildman–Crippen MR) is 108 cm³/mol. The summed E-state index contributed by atoms with van der Waals surface area (Å²) in [7, 11) is 0. The molecule has 0 radical (unpaired) electrons. The number of nitrogens with zero attached hydrogens (tertiary/aromatic N) is 3. The molecule has 0 unspecified atom stereocenters. The zero-order valence-electron chi connectivity index (χ0n) is 16.7. The van der Waals surface area contributed by atoms with Crippen LogP contribution in [0.1, 0.15) is 54.2 Å². The summed E-state index contributed by atoms with van der Waals surface area (Å²) in [5.74, 6) is 0.0175. The summed E-state index contributed by atoms with van der Waals surface area (Å²) in [6.45, 7) is 2.08. The summed E-state index contributed by atoms with van der Waals surface area (Å²) in [4.78, 5) is 36.8. The summed E-state index contributed by atoms with van der Waals surface area (Å²) >= 11 is 0. The van der Waals surface area contributed by atoms with E-state index in [-0.39, 0.29) is 29.9 Å². The molecule has 2 saturated heterocycles. The molecule has 1 aliphatic carbocycles. The van der Waals surface area contributed by atoms with Crippen molar-refractivity contribution in [2.75, 3.05) is 0 Å². The fourth-order valence-corrected chi connectivity index (χ4v) is 5.81. The highest BCUT2D eigenvalue weighted by molar-refractivity contribution is 5.94. The maximum absolute atomic E-state index is 13.5. The highest BCUT2D eigenvalue weighted by atomic mass is 16.2. The second-order valence-electron chi connectivity index (χ2n) is 8.61.